The Bertz CT molecular complexity index is 1230. The van der Waals surface area contributed by atoms with E-state index in [4.69, 9.17) is 4.42 Å². The van der Waals surface area contributed by atoms with Crippen LogP contribution in [0.5, 0.6) is 0 Å². The van der Waals surface area contributed by atoms with Crippen LogP contribution in [0.25, 0.3) is 0 Å². The van der Waals surface area contributed by atoms with Crippen LogP contribution in [0.2, 0.25) is 0 Å². The molecule has 0 saturated heterocycles. The SMILES string of the molecule is CN(C(=O)c1ccc(NC(=O)C2Cc3ccccc3CN2C(=O)c2ccco2)cc1)C1CCCCC1. The monoisotopic (exact) mass is 485 g/mol. The predicted molar refractivity (Wildman–Crippen MR) is 137 cm³/mol. The molecule has 1 unspecified atom stereocenters. The highest BCUT2D eigenvalue weighted by molar-refractivity contribution is 6.01. The zero-order valence-corrected chi connectivity index (χ0v) is 20.5. The van der Waals surface area contributed by atoms with Crippen molar-refractivity contribution in [3.05, 3.63) is 89.4 Å². The van der Waals surface area contributed by atoms with Crippen molar-refractivity contribution in [2.45, 2.75) is 57.2 Å². The van der Waals surface area contributed by atoms with E-state index >= 15 is 0 Å². The van der Waals surface area contributed by atoms with Crippen LogP contribution in [0.1, 0.15) is 64.1 Å². The summed E-state index contributed by atoms with van der Waals surface area (Å²) in [6, 6.07) is 17.7. The van der Waals surface area contributed by atoms with E-state index in [0.717, 1.165) is 24.0 Å². The molecule has 0 spiro atoms. The number of amides is 3. The summed E-state index contributed by atoms with van der Waals surface area (Å²) >= 11 is 0. The van der Waals surface area contributed by atoms with Crippen LogP contribution >= 0.6 is 0 Å². The summed E-state index contributed by atoms with van der Waals surface area (Å²) < 4.78 is 5.32. The van der Waals surface area contributed by atoms with Crippen molar-refractivity contribution in [2.24, 2.45) is 0 Å². The van der Waals surface area contributed by atoms with E-state index in [1.54, 1.807) is 41.3 Å². The molecule has 0 bridgehead atoms. The second kappa shape index (κ2) is 10.4. The van der Waals surface area contributed by atoms with Crippen LogP contribution in [0.3, 0.4) is 0 Å². The number of carbonyl (C=O) groups is 3. The third kappa shape index (κ3) is 4.91. The Morgan fingerprint density at radius 3 is 2.33 bits per heavy atom. The molecule has 1 aliphatic carbocycles. The molecule has 0 radical (unpaired) electrons. The average Bonchev–Trinajstić information content (AvgIpc) is 3.47. The van der Waals surface area contributed by atoms with Crippen LogP contribution in [0, 0.1) is 0 Å². The van der Waals surface area contributed by atoms with Crippen molar-refractivity contribution in [3.63, 3.8) is 0 Å². The summed E-state index contributed by atoms with van der Waals surface area (Å²) in [7, 11) is 1.87. The van der Waals surface area contributed by atoms with Gasteiger partial charge in [-0.1, -0.05) is 43.5 Å². The highest BCUT2D eigenvalue weighted by atomic mass is 16.3. The first-order valence-corrected chi connectivity index (χ1v) is 12.6. The first-order valence-electron chi connectivity index (χ1n) is 12.6. The molecule has 1 aromatic heterocycles. The van der Waals surface area contributed by atoms with Gasteiger partial charge in [0, 0.05) is 37.3 Å². The fourth-order valence-electron chi connectivity index (χ4n) is 5.27. The lowest BCUT2D eigenvalue weighted by molar-refractivity contribution is -0.121. The molecule has 1 N–H and O–H groups in total. The Balaban J connectivity index is 1.30. The second-order valence-corrected chi connectivity index (χ2v) is 9.67. The number of fused-ring (bicyclic) bond motifs is 1. The first-order chi connectivity index (χ1) is 17.5. The minimum atomic E-state index is -0.684. The molecule has 7 nitrogen and oxygen atoms in total. The van der Waals surface area contributed by atoms with E-state index in [0.29, 0.717) is 24.2 Å². The third-order valence-electron chi connectivity index (χ3n) is 7.39. The molecule has 186 valence electrons. The average molecular weight is 486 g/mol. The summed E-state index contributed by atoms with van der Waals surface area (Å²) in [6.07, 6.45) is 7.54. The number of benzene rings is 2. The van der Waals surface area contributed by atoms with Gasteiger partial charge in [0.05, 0.1) is 6.26 Å². The maximum Gasteiger partial charge on any atom is 0.290 e. The van der Waals surface area contributed by atoms with Crippen molar-refractivity contribution in [3.8, 4) is 0 Å². The van der Waals surface area contributed by atoms with Crippen LogP contribution in [0.4, 0.5) is 5.69 Å². The lowest BCUT2D eigenvalue weighted by Gasteiger charge is -2.35. The fourth-order valence-corrected chi connectivity index (χ4v) is 5.27. The van der Waals surface area contributed by atoms with Crippen LogP contribution in [0.15, 0.2) is 71.3 Å². The topological polar surface area (TPSA) is 82.9 Å². The molecule has 2 aliphatic rings. The van der Waals surface area contributed by atoms with Gasteiger partial charge in [-0.3, -0.25) is 14.4 Å². The van der Waals surface area contributed by atoms with E-state index in [9.17, 15) is 14.4 Å². The number of hydrogen-bond donors (Lipinski definition) is 1. The molecule has 1 atom stereocenters. The minimum absolute atomic E-state index is 0.00103. The van der Waals surface area contributed by atoms with E-state index in [1.165, 1.54) is 25.5 Å². The zero-order chi connectivity index (χ0) is 25.1. The Morgan fingerprint density at radius 2 is 1.64 bits per heavy atom. The summed E-state index contributed by atoms with van der Waals surface area (Å²) in [4.78, 5) is 42.9. The predicted octanol–water partition coefficient (Wildman–Crippen LogP) is 4.89. The number of furan rings is 1. The molecule has 1 aliphatic heterocycles. The fraction of sp³-hybridized carbons (Fsp3) is 0.345. The van der Waals surface area contributed by atoms with Gasteiger partial charge in [0.1, 0.15) is 6.04 Å². The summed E-state index contributed by atoms with van der Waals surface area (Å²) in [6.45, 7) is 0.328. The van der Waals surface area contributed by atoms with Crippen molar-refractivity contribution >= 4 is 23.4 Å². The highest BCUT2D eigenvalue weighted by Crippen LogP contribution is 2.27. The zero-order valence-electron chi connectivity index (χ0n) is 20.5. The van der Waals surface area contributed by atoms with Gasteiger partial charge in [-0.15, -0.1) is 0 Å². The minimum Gasteiger partial charge on any atom is -0.459 e. The van der Waals surface area contributed by atoms with E-state index in [1.807, 2.05) is 36.2 Å². The Morgan fingerprint density at radius 1 is 0.917 bits per heavy atom. The molecule has 1 fully saturated rings. The van der Waals surface area contributed by atoms with Gasteiger partial charge in [-0.2, -0.15) is 0 Å². The molecule has 3 aromatic rings. The summed E-state index contributed by atoms with van der Waals surface area (Å²) in [5.41, 5.74) is 3.25. The van der Waals surface area contributed by atoms with Crippen molar-refractivity contribution in [1.82, 2.24) is 9.80 Å². The molecular weight excluding hydrogens is 454 g/mol. The Hall–Kier alpha value is -3.87. The van der Waals surface area contributed by atoms with E-state index < -0.39 is 6.04 Å². The quantitative estimate of drug-likeness (QED) is 0.558. The summed E-state index contributed by atoms with van der Waals surface area (Å²) in [5, 5.41) is 2.94. The Kier molecular flexibility index (Phi) is 6.89. The van der Waals surface area contributed by atoms with Crippen molar-refractivity contribution in [1.29, 1.82) is 0 Å². The molecule has 36 heavy (non-hydrogen) atoms. The molecule has 3 amide bonds. The maximum absolute atomic E-state index is 13.4. The van der Waals surface area contributed by atoms with E-state index in [-0.39, 0.29) is 29.5 Å². The van der Waals surface area contributed by atoms with Gasteiger partial charge < -0.3 is 19.5 Å². The number of anilines is 1. The smallest absolute Gasteiger partial charge is 0.290 e. The van der Waals surface area contributed by atoms with Crippen molar-refractivity contribution in [2.75, 3.05) is 12.4 Å². The van der Waals surface area contributed by atoms with Gasteiger partial charge in [0.15, 0.2) is 5.76 Å². The van der Waals surface area contributed by atoms with Gasteiger partial charge in [-0.25, -0.2) is 0 Å². The molecular formula is C29H31N3O4. The van der Waals surface area contributed by atoms with Crippen molar-refractivity contribution < 1.29 is 18.8 Å². The van der Waals surface area contributed by atoms with E-state index in [2.05, 4.69) is 5.32 Å². The number of carbonyl (C=O) groups excluding carboxylic acids is 3. The molecule has 7 heteroatoms. The lowest BCUT2D eigenvalue weighted by atomic mass is 9.93. The van der Waals surface area contributed by atoms with Gasteiger partial charge in [-0.05, 0) is 60.4 Å². The Labute approximate surface area is 211 Å². The third-order valence-corrected chi connectivity index (χ3v) is 7.39. The van der Waals surface area contributed by atoms with Gasteiger partial charge in [0.2, 0.25) is 5.91 Å². The second-order valence-electron chi connectivity index (χ2n) is 9.67. The lowest BCUT2D eigenvalue weighted by Crippen LogP contribution is -2.50. The molecule has 5 rings (SSSR count). The molecule has 2 aromatic carbocycles. The van der Waals surface area contributed by atoms with Gasteiger partial charge >= 0.3 is 0 Å². The van der Waals surface area contributed by atoms with Gasteiger partial charge in [0.25, 0.3) is 11.8 Å². The van der Waals surface area contributed by atoms with Crippen LogP contribution in [-0.2, 0) is 17.8 Å². The normalized spacial score (nSPS) is 17.8. The van der Waals surface area contributed by atoms with Crippen LogP contribution < -0.4 is 5.32 Å². The number of hydrogen-bond acceptors (Lipinski definition) is 4. The molecule has 1 saturated carbocycles. The standard InChI is InChI=1S/C29H31N3O4/c1-31(24-10-3-2-4-11-24)28(34)20-13-15-23(16-14-20)30-27(33)25-18-21-8-5-6-9-22(21)19-32(25)29(35)26-12-7-17-36-26/h5-9,12-17,24-25H,2-4,10-11,18-19H2,1H3,(H,30,33). The highest BCUT2D eigenvalue weighted by Gasteiger charge is 2.36. The number of rotatable bonds is 5. The molecule has 2 heterocycles. The summed E-state index contributed by atoms with van der Waals surface area (Å²) in [5.74, 6) is -0.389. The number of nitrogens with zero attached hydrogens (tertiary/aromatic N) is 2. The first kappa shape index (κ1) is 23.9. The number of nitrogens with one attached hydrogen (secondary N) is 1. The van der Waals surface area contributed by atoms with Crippen LogP contribution in [-0.4, -0.2) is 46.7 Å². The maximum atomic E-state index is 13.4. The largest absolute Gasteiger partial charge is 0.459 e.